The van der Waals surface area contributed by atoms with Gasteiger partial charge in [-0.3, -0.25) is 9.36 Å². The minimum atomic E-state index is -2.89. The summed E-state index contributed by atoms with van der Waals surface area (Å²) < 4.78 is 42.3. The maximum absolute atomic E-state index is 14.6. The van der Waals surface area contributed by atoms with Gasteiger partial charge in [0, 0.05) is 18.2 Å². The number of anilines is 1. The van der Waals surface area contributed by atoms with Crippen LogP contribution in [0, 0.1) is 12.7 Å². The Morgan fingerprint density at radius 3 is 2.53 bits per heavy atom. The number of alkyl halides is 2. The van der Waals surface area contributed by atoms with Crippen molar-refractivity contribution in [1.82, 2.24) is 14.5 Å². The smallest absolute Gasteiger partial charge is 0.266 e. The number of halogens is 3. The topological polar surface area (TPSA) is 59.8 Å². The highest BCUT2D eigenvalue weighted by Gasteiger charge is 2.25. The van der Waals surface area contributed by atoms with Gasteiger partial charge in [0.25, 0.3) is 12.0 Å². The van der Waals surface area contributed by atoms with Crippen molar-refractivity contribution in [2.24, 2.45) is 7.05 Å². The lowest BCUT2D eigenvalue weighted by atomic mass is 9.80. The van der Waals surface area contributed by atoms with Crippen molar-refractivity contribution in [2.45, 2.75) is 51.5 Å². The van der Waals surface area contributed by atoms with Crippen LogP contribution in [0.15, 0.2) is 29.1 Å². The van der Waals surface area contributed by atoms with Crippen molar-refractivity contribution in [1.29, 1.82) is 0 Å². The predicted octanol–water partition coefficient (Wildman–Crippen LogP) is 5.15. The third-order valence-corrected chi connectivity index (χ3v) is 5.86. The van der Waals surface area contributed by atoms with Crippen LogP contribution in [0.5, 0.6) is 0 Å². The molecule has 2 aromatic heterocycles. The van der Waals surface area contributed by atoms with Gasteiger partial charge in [-0.05, 0) is 38.7 Å². The first-order valence-corrected chi connectivity index (χ1v) is 9.99. The average molecular weight is 416 g/mol. The number of nitrogens with zero attached hydrogens (tertiary/aromatic N) is 3. The number of aromatic nitrogens is 3. The lowest BCUT2D eigenvalue weighted by Crippen LogP contribution is -2.27. The monoisotopic (exact) mass is 416 g/mol. The van der Waals surface area contributed by atoms with E-state index in [1.807, 2.05) is 6.07 Å². The van der Waals surface area contributed by atoms with Gasteiger partial charge in [-0.15, -0.1) is 0 Å². The summed E-state index contributed by atoms with van der Waals surface area (Å²) in [7, 11) is 1.68. The SMILES string of the molecule is Cc1nc(N[C@H](C)c2cccc(C(F)F)c2F)c2cc(C3CCC3)c(=O)n(C)c2n1. The maximum Gasteiger partial charge on any atom is 0.266 e. The van der Waals surface area contributed by atoms with Crippen LogP contribution in [0.1, 0.15) is 67.1 Å². The highest BCUT2D eigenvalue weighted by Crippen LogP contribution is 2.36. The summed E-state index contributed by atoms with van der Waals surface area (Å²) in [6.45, 7) is 3.39. The Hall–Kier alpha value is -2.90. The molecule has 0 spiro atoms. The van der Waals surface area contributed by atoms with Crippen molar-refractivity contribution >= 4 is 16.9 Å². The largest absolute Gasteiger partial charge is 0.363 e. The van der Waals surface area contributed by atoms with Gasteiger partial charge in [-0.1, -0.05) is 24.6 Å². The molecule has 0 aliphatic heterocycles. The number of benzene rings is 1. The average Bonchev–Trinajstić information content (AvgIpc) is 2.65. The number of fused-ring (bicyclic) bond motifs is 1. The summed E-state index contributed by atoms with van der Waals surface area (Å²) in [5, 5.41) is 3.80. The minimum absolute atomic E-state index is 0.0695. The van der Waals surface area contributed by atoms with Crippen molar-refractivity contribution in [3.63, 3.8) is 0 Å². The van der Waals surface area contributed by atoms with E-state index in [1.54, 1.807) is 20.9 Å². The number of aryl methyl sites for hydroxylation is 2. The molecule has 158 valence electrons. The maximum atomic E-state index is 14.6. The normalized spacial score (nSPS) is 15.4. The third kappa shape index (κ3) is 3.44. The molecule has 0 saturated heterocycles. The molecule has 30 heavy (non-hydrogen) atoms. The Bertz CT molecular complexity index is 1170. The Morgan fingerprint density at radius 2 is 1.90 bits per heavy atom. The number of hydrogen-bond acceptors (Lipinski definition) is 4. The molecular formula is C22H23F3N4O. The van der Waals surface area contributed by atoms with Crippen LogP contribution in [0.25, 0.3) is 11.0 Å². The van der Waals surface area contributed by atoms with Crippen LogP contribution in [-0.2, 0) is 7.05 Å². The van der Waals surface area contributed by atoms with E-state index >= 15 is 0 Å². The van der Waals surface area contributed by atoms with E-state index < -0.39 is 23.8 Å². The van der Waals surface area contributed by atoms with Crippen molar-refractivity contribution in [3.8, 4) is 0 Å². The summed E-state index contributed by atoms with van der Waals surface area (Å²) in [5.41, 5.74) is 0.637. The quantitative estimate of drug-likeness (QED) is 0.625. The van der Waals surface area contributed by atoms with Crippen LogP contribution in [0.4, 0.5) is 19.0 Å². The highest BCUT2D eigenvalue weighted by atomic mass is 19.3. The van der Waals surface area contributed by atoms with Crippen LogP contribution < -0.4 is 10.9 Å². The summed E-state index contributed by atoms with van der Waals surface area (Å²) in [6, 6.07) is 5.18. The van der Waals surface area contributed by atoms with Crippen molar-refractivity contribution < 1.29 is 13.2 Å². The zero-order valence-corrected chi connectivity index (χ0v) is 17.0. The van der Waals surface area contributed by atoms with E-state index in [0.717, 1.165) is 30.9 Å². The van der Waals surface area contributed by atoms with Crippen molar-refractivity contribution in [2.75, 3.05) is 5.32 Å². The van der Waals surface area contributed by atoms with E-state index in [0.29, 0.717) is 22.7 Å². The molecule has 5 nitrogen and oxygen atoms in total. The molecule has 0 bridgehead atoms. The summed E-state index contributed by atoms with van der Waals surface area (Å²) in [6.07, 6.45) is 0.146. The summed E-state index contributed by atoms with van der Waals surface area (Å²) >= 11 is 0. The number of rotatable bonds is 5. The lowest BCUT2D eigenvalue weighted by Gasteiger charge is -2.26. The van der Waals surface area contributed by atoms with Crippen LogP contribution >= 0.6 is 0 Å². The van der Waals surface area contributed by atoms with E-state index in [1.165, 1.54) is 16.7 Å². The van der Waals surface area contributed by atoms with Gasteiger partial charge in [0.05, 0.1) is 17.0 Å². The number of hydrogen-bond donors (Lipinski definition) is 1. The van der Waals surface area contributed by atoms with E-state index in [2.05, 4.69) is 15.3 Å². The van der Waals surface area contributed by atoms with Gasteiger partial charge in [-0.25, -0.2) is 23.1 Å². The Morgan fingerprint density at radius 1 is 1.20 bits per heavy atom. The number of nitrogens with one attached hydrogen (secondary N) is 1. The standard InChI is InChI=1S/C22H23F3N4O/c1-11(14-8-5-9-15(18(14)23)19(24)25)26-20-17-10-16(13-6-4-7-13)22(30)29(3)21(17)28-12(2)27-20/h5,8-11,13,19H,4,6-7H2,1-3H3,(H,26,27,28)/t11-/m1/s1. The van der Waals surface area contributed by atoms with E-state index in [9.17, 15) is 18.0 Å². The minimum Gasteiger partial charge on any atom is -0.363 e. The molecule has 1 aromatic carbocycles. The molecular weight excluding hydrogens is 393 g/mol. The predicted molar refractivity (Wildman–Crippen MR) is 110 cm³/mol. The molecule has 1 N–H and O–H groups in total. The first-order chi connectivity index (χ1) is 14.3. The molecule has 8 heteroatoms. The van der Waals surface area contributed by atoms with Gasteiger partial charge < -0.3 is 5.32 Å². The molecule has 1 fully saturated rings. The fourth-order valence-corrected chi connectivity index (χ4v) is 3.94. The molecule has 1 saturated carbocycles. The van der Waals surface area contributed by atoms with Gasteiger partial charge in [0.15, 0.2) is 0 Å². The van der Waals surface area contributed by atoms with Gasteiger partial charge in [0.1, 0.15) is 23.1 Å². The highest BCUT2D eigenvalue weighted by molar-refractivity contribution is 5.87. The molecule has 0 unspecified atom stereocenters. The fourth-order valence-electron chi connectivity index (χ4n) is 3.94. The molecule has 3 aromatic rings. The molecule has 2 heterocycles. The van der Waals surface area contributed by atoms with Gasteiger partial charge in [-0.2, -0.15) is 0 Å². The first-order valence-electron chi connectivity index (χ1n) is 9.99. The van der Waals surface area contributed by atoms with Crippen LogP contribution in [0.3, 0.4) is 0 Å². The third-order valence-electron chi connectivity index (χ3n) is 5.86. The molecule has 1 aliphatic rings. The molecule has 1 atom stereocenters. The molecule has 0 radical (unpaired) electrons. The first kappa shape index (κ1) is 20.4. The zero-order valence-electron chi connectivity index (χ0n) is 17.0. The number of pyridine rings is 1. The van der Waals surface area contributed by atoms with E-state index in [-0.39, 0.29) is 17.0 Å². The molecule has 1 aliphatic carbocycles. The fraction of sp³-hybridized carbons (Fsp3) is 0.409. The Balaban J connectivity index is 1.80. The Kier molecular flexibility index (Phi) is 5.26. The van der Waals surface area contributed by atoms with Gasteiger partial charge >= 0.3 is 0 Å². The lowest BCUT2D eigenvalue weighted by molar-refractivity contribution is 0.146. The molecule has 0 amide bonds. The van der Waals surface area contributed by atoms with Gasteiger partial charge in [0.2, 0.25) is 0 Å². The summed E-state index contributed by atoms with van der Waals surface area (Å²) in [5.74, 6) is 0.193. The van der Waals surface area contributed by atoms with Crippen LogP contribution in [-0.4, -0.2) is 14.5 Å². The second-order valence-corrected chi connectivity index (χ2v) is 7.87. The van der Waals surface area contributed by atoms with E-state index in [4.69, 9.17) is 0 Å². The van der Waals surface area contributed by atoms with Crippen molar-refractivity contribution in [3.05, 3.63) is 63.0 Å². The zero-order chi connectivity index (χ0) is 21.6. The summed E-state index contributed by atoms with van der Waals surface area (Å²) in [4.78, 5) is 21.7. The second kappa shape index (κ2) is 7.74. The van der Waals surface area contributed by atoms with Crippen LogP contribution in [0.2, 0.25) is 0 Å². The second-order valence-electron chi connectivity index (χ2n) is 7.87. The Labute approximate surface area is 172 Å². The molecule has 4 rings (SSSR count).